The highest BCUT2D eigenvalue weighted by molar-refractivity contribution is 6.29. The van der Waals surface area contributed by atoms with Gasteiger partial charge in [-0.1, -0.05) is 17.7 Å². The number of benzene rings is 1. The van der Waals surface area contributed by atoms with Crippen molar-refractivity contribution in [3.63, 3.8) is 0 Å². The van der Waals surface area contributed by atoms with E-state index in [1.165, 1.54) is 13.2 Å². The number of pyridine rings is 1. The fraction of sp³-hybridized carbons (Fsp3) is 0.435. The van der Waals surface area contributed by atoms with Crippen molar-refractivity contribution in [3.8, 4) is 17.4 Å². The summed E-state index contributed by atoms with van der Waals surface area (Å²) >= 11 is 6.00. The highest BCUT2D eigenvalue weighted by atomic mass is 35.5. The van der Waals surface area contributed by atoms with Gasteiger partial charge in [0.2, 0.25) is 5.88 Å². The number of carbonyl (C=O) groups excluding carboxylic acids is 2. The van der Waals surface area contributed by atoms with Crippen LogP contribution < -0.4 is 14.2 Å². The third kappa shape index (κ3) is 6.34. The third-order valence-electron chi connectivity index (χ3n) is 5.07. The molecule has 0 radical (unpaired) electrons. The molecule has 1 unspecified atom stereocenters. The first-order chi connectivity index (χ1) is 15.4. The topological polar surface area (TPSA) is 87.2 Å². The standard InChI is InChI=1S/C23H27ClN2O6/c1-15(27)4-5-16-6-7-19(20(10-16)29-2)32-14-18-13-26(8-9-31-18)23(28)17-11-21(24)25-22(12-17)30-3/h6-7,10-12,18H,4-5,8-9,13-14H2,1-3H3. The molecule has 1 aromatic heterocycles. The quantitative estimate of drug-likeness (QED) is 0.529. The molecule has 2 heterocycles. The minimum atomic E-state index is -0.297. The lowest BCUT2D eigenvalue weighted by atomic mass is 10.1. The predicted molar refractivity (Wildman–Crippen MR) is 119 cm³/mol. The van der Waals surface area contributed by atoms with E-state index in [0.29, 0.717) is 49.6 Å². The monoisotopic (exact) mass is 462 g/mol. The van der Waals surface area contributed by atoms with Gasteiger partial charge in [0.15, 0.2) is 11.5 Å². The lowest BCUT2D eigenvalue weighted by Gasteiger charge is -2.33. The van der Waals surface area contributed by atoms with E-state index < -0.39 is 0 Å². The Hall–Kier alpha value is -2.84. The molecule has 3 rings (SSSR count). The summed E-state index contributed by atoms with van der Waals surface area (Å²) < 4.78 is 22.3. The fourth-order valence-electron chi connectivity index (χ4n) is 3.38. The molecule has 9 heteroatoms. The number of morpholine rings is 1. The van der Waals surface area contributed by atoms with Crippen LogP contribution in [0.4, 0.5) is 0 Å². The maximum Gasteiger partial charge on any atom is 0.254 e. The summed E-state index contributed by atoms with van der Waals surface area (Å²) in [6.45, 7) is 3.07. The molecule has 1 atom stereocenters. The predicted octanol–water partition coefficient (Wildman–Crippen LogP) is 3.19. The van der Waals surface area contributed by atoms with Crippen molar-refractivity contribution in [1.29, 1.82) is 0 Å². The van der Waals surface area contributed by atoms with Crippen LogP contribution in [-0.4, -0.2) is 68.2 Å². The Labute approximate surface area is 192 Å². The van der Waals surface area contributed by atoms with Gasteiger partial charge in [-0.3, -0.25) is 4.79 Å². The molecule has 1 amide bonds. The second-order valence-electron chi connectivity index (χ2n) is 7.46. The zero-order chi connectivity index (χ0) is 23.1. The number of halogens is 1. The van der Waals surface area contributed by atoms with E-state index in [0.717, 1.165) is 5.56 Å². The highest BCUT2D eigenvalue weighted by Gasteiger charge is 2.26. The van der Waals surface area contributed by atoms with Crippen molar-refractivity contribution in [3.05, 3.63) is 46.6 Å². The van der Waals surface area contributed by atoms with E-state index in [4.69, 9.17) is 30.5 Å². The Bertz CT molecular complexity index is 967. The molecular weight excluding hydrogens is 436 g/mol. The van der Waals surface area contributed by atoms with Gasteiger partial charge in [-0.25, -0.2) is 4.98 Å². The summed E-state index contributed by atoms with van der Waals surface area (Å²) in [6.07, 6.45) is 0.838. The lowest BCUT2D eigenvalue weighted by molar-refractivity contribution is -0.116. The number of hydrogen-bond donors (Lipinski definition) is 0. The van der Waals surface area contributed by atoms with Gasteiger partial charge in [-0.2, -0.15) is 0 Å². The smallest absolute Gasteiger partial charge is 0.254 e. The number of hydrogen-bond acceptors (Lipinski definition) is 7. The van der Waals surface area contributed by atoms with Gasteiger partial charge < -0.3 is 28.6 Å². The summed E-state index contributed by atoms with van der Waals surface area (Å²) in [7, 11) is 3.04. The molecule has 0 N–H and O–H groups in total. The Morgan fingerprint density at radius 2 is 2.00 bits per heavy atom. The van der Waals surface area contributed by atoms with E-state index in [1.54, 1.807) is 25.0 Å². The highest BCUT2D eigenvalue weighted by Crippen LogP contribution is 2.29. The molecule has 0 saturated carbocycles. The summed E-state index contributed by atoms with van der Waals surface area (Å²) in [5.74, 6) is 1.43. The van der Waals surface area contributed by atoms with Gasteiger partial charge in [0.1, 0.15) is 23.6 Å². The lowest BCUT2D eigenvalue weighted by Crippen LogP contribution is -2.47. The summed E-state index contributed by atoms with van der Waals surface area (Å²) in [5.41, 5.74) is 1.41. The van der Waals surface area contributed by atoms with Crippen LogP contribution in [0, 0.1) is 0 Å². The van der Waals surface area contributed by atoms with Crippen LogP contribution in [0.2, 0.25) is 5.15 Å². The first-order valence-electron chi connectivity index (χ1n) is 10.3. The molecule has 1 saturated heterocycles. The molecule has 1 aromatic carbocycles. The molecule has 0 bridgehead atoms. The number of ether oxygens (including phenoxy) is 4. The van der Waals surface area contributed by atoms with Crippen LogP contribution in [-0.2, 0) is 16.0 Å². The maximum absolute atomic E-state index is 12.9. The maximum atomic E-state index is 12.9. The van der Waals surface area contributed by atoms with Crippen molar-refractivity contribution in [1.82, 2.24) is 9.88 Å². The van der Waals surface area contributed by atoms with Gasteiger partial charge in [-0.05, 0) is 37.1 Å². The van der Waals surface area contributed by atoms with E-state index in [-0.39, 0.29) is 35.4 Å². The van der Waals surface area contributed by atoms with E-state index in [1.807, 2.05) is 18.2 Å². The number of methoxy groups -OCH3 is 2. The van der Waals surface area contributed by atoms with E-state index in [2.05, 4.69) is 4.98 Å². The number of carbonyl (C=O) groups is 2. The molecule has 1 aliphatic heterocycles. The number of ketones is 1. The van der Waals surface area contributed by atoms with E-state index in [9.17, 15) is 9.59 Å². The molecular formula is C23H27ClN2O6. The van der Waals surface area contributed by atoms with Crippen molar-refractivity contribution < 1.29 is 28.5 Å². The van der Waals surface area contributed by atoms with Crippen LogP contribution in [0.25, 0.3) is 0 Å². The van der Waals surface area contributed by atoms with Crippen LogP contribution in [0.1, 0.15) is 29.3 Å². The van der Waals surface area contributed by atoms with Crippen molar-refractivity contribution in [2.24, 2.45) is 0 Å². The van der Waals surface area contributed by atoms with Gasteiger partial charge >= 0.3 is 0 Å². The molecule has 172 valence electrons. The van der Waals surface area contributed by atoms with Crippen LogP contribution in [0.3, 0.4) is 0 Å². The minimum absolute atomic E-state index is 0.144. The van der Waals surface area contributed by atoms with Gasteiger partial charge in [0, 0.05) is 24.6 Å². The Kier molecular flexibility index (Phi) is 8.30. The zero-order valence-corrected chi connectivity index (χ0v) is 19.2. The van der Waals surface area contributed by atoms with Gasteiger partial charge in [0.05, 0.1) is 27.4 Å². The summed E-state index contributed by atoms with van der Waals surface area (Å²) in [4.78, 5) is 29.8. The molecule has 1 fully saturated rings. The average molecular weight is 463 g/mol. The number of amides is 1. The van der Waals surface area contributed by atoms with Crippen molar-refractivity contribution in [2.45, 2.75) is 25.9 Å². The van der Waals surface area contributed by atoms with Crippen molar-refractivity contribution in [2.75, 3.05) is 40.5 Å². The molecule has 0 aliphatic carbocycles. The first-order valence-corrected chi connectivity index (χ1v) is 10.7. The molecule has 1 aliphatic rings. The molecule has 2 aromatic rings. The second-order valence-corrected chi connectivity index (χ2v) is 7.85. The number of aromatic nitrogens is 1. The molecule has 0 spiro atoms. The normalized spacial score (nSPS) is 15.9. The zero-order valence-electron chi connectivity index (χ0n) is 18.4. The second kappa shape index (κ2) is 11.2. The Morgan fingerprint density at radius 3 is 2.72 bits per heavy atom. The first kappa shape index (κ1) is 23.8. The summed E-state index contributed by atoms with van der Waals surface area (Å²) in [5, 5.41) is 0.194. The number of nitrogens with zero attached hydrogens (tertiary/aromatic N) is 2. The Morgan fingerprint density at radius 1 is 1.19 bits per heavy atom. The largest absolute Gasteiger partial charge is 0.493 e. The average Bonchev–Trinajstić information content (AvgIpc) is 2.80. The minimum Gasteiger partial charge on any atom is -0.493 e. The number of rotatable bonds is 9. The summed E-state index contributed by atoms with van der Waals surface area (Å²) in [6, 6.07) is 8.69. The van der Waals surface area contributed by atoms with Crippen LogP contribution in [0.5, 0.6) is 17.4 Å². The van der Waals surface area contributed by atoms with Gasteiger partial charge in [0.25, 0.3) is 5.91 Å². The molecule has 32 heavy (non-hydrogen) atoms. The third-order valence-corrected chi connectivity index (χ3v) is 5.26. The van der Waals surface area contributed by atoms with Gasteiger partial charge in [-0.15, -0.1) is 0 Å². The molecule has 8 nitrogen and oxygen atoms in total. The Balaban J connectivity index is 1.61. The van der Waals surface area contributed by atoms with Crippen LogP contribution >= 0.6 is 11.6 Å². The SMILES string of the molecule is COc1cc(C(=O)N2CCOC(COc3ccc(CCC(C)=O)cc3OC)C2)cc(Cl)n1. The fourth-order valence-corrected chi connectivity index (χ4v) is 3.58. The van der Waals surface area contributed by atoms with E-state index >= 15 is 0 Å². The van der Waals surface area contributed by atoms with Crippen molar-refractivity contribution >= 4 is 23.3 Å². The number of aryl methyl sites for hydroxylation is 1. The number of Topliss-reactive ketones (excluding diaryl/α,β-unsaturated/α-hetero) is 1. The van der Waals surface area contributed by atoms with Crippen LogP contribution in [0.15, 0.2) is 30.3 Å².